The number of nitrogens with two attached hydrogens (primary N) is 1. The number of halogens is 1. The van der Waals surface area contributed by atoms with Gasteiger partial charge in [0.2, 0.25) is 5.91 Å². The van der Waals surface area contributed by atoms with Crippen molar-refractivity contribution in [1.29, 1.82) is 0 Å². The number of carbonyl (C=O) groups is 4. The molecule has 2 aromatic rings. The van der Waals surface area contributed by atoms with E-state index in [4.69, 9.17) is 15.2 Å². The van der Waals surface area contributed by atoms with Gasteiger partial charge in [-0.15, -0.1) is 0 Å². The fourth-order valence-corrected chi connectivity index (χ4v) is 2.98. The zero-order valence-corrected chi connectivity index (χ0v) is 17.5. The molecule has 1 aromatic heterocycles. The number of carbonyl (C=O) groups excluding carboxylic acids is 4. The van der Waals surface area contributed by atoms with Gasteiger partial charge in [0.05, 0.1) is 12.2 Å². The zero-order valence-electron chi connectivity index (χ0n) is 17.5. The van der Waals surface area contributed by atoms with E-state index >= 15 is 0 Å². The number of aromatic amines is 1. The van der Waals surface area contributed by atoms with Crippen molar-refractivity contribution in [1.82, 2.24) is 4.98 Å². The Balaban J connectivity index is 2.14. The van der Waals surface area contributed by atoms with Crippen molar-refractivity contribution in [3.63, 3.8) is 0 Å². The third-order valence-corrected chi connectivity index (χ3v) is 4.47. The van der Waals surface area contributed by atoms with Gasteiger partial charge in [0.15, 0.2) is 6.61 Å². The van der Waals surface area contributed by atoms with Crippen LogP contribution in [0.3, 0.4) is 0 Å². The standard InChI is InChI=1S/C21H24FN3O6/c1-4-30-20(28)18-12(2)19(24-13(18)3)21(29)31-11-17(27)25(10-9-16(23)26)15-7-5-14(22)6-8-15/h5-8,24H,4,9-11H2,1-3H3,(H2,23,26). The molecule has 0 atom stereocenters. The summed E-state index contributed by atoms with van der Waals surface area (Å²) in [6.07, 6.45) is -0.130. The Bertz CT molecular complexity index is 984. The van der Waals surface area contributed by atoms with Gasteiger partial charge in [0, 0.05) is 24.3 Å². The molecule has 1 aromatic carbocycles. The summed E-state index contributed by atoms with van der Waals surface area (Å²) in [5.74, 6) is -3.16. The van der Waals surface area contributed by atoms with Crippen molar-refractivity contribution in [2.75, 3.05) is 24.7 Å². The maximum Gasteiger partial charge on any atom is 0.355 e. The first kappa shape index (κ1) is 23.6. The molecule has 2 amide bonds. The van der Waals surface area contributed by atoms with Gasteiger partial charge in [-0.05, 0) is 50.6 Å². The van der Waals surface area contributed by atoms with Crippen LogP contribution in [-0.2, 0) is 19.1 Å². The third kappa shape index (κ3) is 5.91. The molecular weight excluding hydrogens is 409 g/mol. The van der Waals surface area contributed by atoms with E-state index in [0.717, 1.165) is 12.1 Å². The molecular formula is C21H24FN3O6. The van der Waals surface area contributed by atoms with Crippen LogP contribution >= 0.6 is 0 Å². The van der Waals surface area contributed by atoms with Gasteiger partial charge >= 0.3 is 11.9 Å². The highest BCUT2D eigenvalue weighted by Crippen LogP contribution is 2.20. The molecule has 0 saturated carbocycles. The first-order valence-corrected chi connectivity index (χ1v) is 9.53. The lowest BCUT2D eigenvalue weighted by molar-refractivity contribution is -0.121. The summed E-state index contributed by atoms with van der Waals surface area (Å²) in [7, 11) is 0. The van der Waals surface area contributed by atoms with E-state index in [0.29, 0.717) is 16.9 Å². The molecule has 0 bridgehead atoms. The number of benzene rings is 1. The van der Waals surface area contributed by atoms with Crippen LogP contribution in [0.4, 0.5) is 10.1 Å². The van der Waals surface area contributed by atoms with Gasteiger partial charge in [-0.2, -0.15) is 0 Å². The Morgan fingerprint density at radius 1 is 1.06 bits per heavy atom. The molecule has 1 heterocycles. The highest BCUT2D eigenvalue weighted by Gasteiger charge is 2.25. The number of amides is 2. The number of nitrogens with one attached hydrogen (secondary N) is 1. The van der Waals surface area contributed by atoms with Crippen LogP contribution in [0.25, 0.3) is 0 Å². The Kier molecular flexibility index (Phi) is 7.89. The molecule has 166 valence electrons. The number of anilines is 1. The van der Waals surface area contributed by atoms with Gasteiger partial charge in [-0.1, -0.05) is 0 Å². The summed E-state index contributed by atoms with van der Waals surface area (Å²) in [5.41, 5.74) is 6.51. The normalized spacial score (nSPS) is 10.5. The minimum atomic E-state index is -0.835. The smallest absolute Gasteiger partial charge is 0.355 e. The fourth-order valence-electron chi connectivity index (χ4n) is 2.98. The monoisotopic (exact) mass is 433 g/mol. The summed E-state index contributed by atoms with van der Waals surface area (Å²) in [4.78, 5) is 52.3. The molecule has 2 rings (SSSR count). The lowest BCUT2D eigenvalue weighted by Gasteiger charge is -2.22. The van der Waals surface area contributed by atoms with E-state index in [1.54, 1.807) is 20.8 Å². The summed E-state index contributed by atoms with van der Waals surface area (Å²) < 4.78 is 23.3. The number of primary amides is 1. The molecule has 0 aliphatic rings. The van der Waals surface area contributed by atoms with Gasteiger partial charge in [0.25, 0.3) is 5.91 Å². The number of hydrogen-bond donors (Lipinski definition) is 2. The Hall–Kier alpha value is -3.69. The van der Waals surface area contributed by atoms with Crippen LogP contribution in [-0.4, -0.2) is 48.5 Å². The number of H-pyrrole nitrogens is 1. The zero-order chi connectivity index (χ0) is 23.1. The lowest BCUT2D eigenvalue weighted by Crippen LogP contribution is -2.37. The summed E-state index contributed by atoms with van der Waals surface area (Å²) in [5, 5.41) is 0. The molecule has 0 unspecified atom stereocenters. The number of nitrogens with zero attached hydrogens (tertiary/aromatic N) is 1. The van der Waals surface area contributed by atoms with E-state index < -0.39 is 36.2 Å². The maximum absolute atomic E-state index is 13.2. The highest BCUT2D eigenvalue weighted by atomic mass is 19.1. The SMILES string of the molecule is CCOC(=O)c1c(C)[nH]c(C(=O)OCC(=O)N(CCC(N)=O)c2ccc(F)cc2)c1C. The second-order valence-corrected chi connectivity index (χ2v) is 6.66. The van der Waals surface area contributed by atoms with Crippen LogP contribution in [0.5, 0.6) is 0 Å². The quantitative estimate of drug-likeness (QED) is 0.582. The van der Waals surface area contributed by atoms with Crippen LogP contribution in [0.1, 0.15) is 45.4 Å². The average Bonchev–Trinajstić information content (AvgIpc) is 3.01. The van der Waals surface area contributed by atoms with Crippen molar-refractivity contribution in [2.45, 2.75) is 27.2 Å². The largest absolute Gasteiger partial charge is 0.462 e. The van der Waals surface area contributed by atoms with E-state index in [1.807, 2.05) is 0 Å². The molecule has 0 aliphatic heterocycles. The Morgan fingerprint density at radius 2 is 1.71 bits per heavy atom. The van der Waals surface area contributed by atoms with E-state index in [2.05, 4.69) is 4.98 Å². The first-order chi connectivity index (χ1) is 14.6. The average molecular weight is 433 g/mol. The minimum absolute atomic E-state index is 0.0267. The molecule has 0 aliphatic carbocycles. The van der Waals surface area contributed by atoms with Gasteiger partial charge in [-0.3, -0.25) is 9.59 Å². The van der Waals surface area contributed by atoms with Crippen LogP contribution in [0, 0.1) is 19.7 Å². The van der Waals surface area contributed by atoms with Crippen LogP contribution in [0.2, 0.25) is 0 Å². The number of aromatic nitrogens is 1. The van der Waals surface area contributed by atoms with E-state index in [-0.39, 0.29) is 30.8 Å². The van der Waals surface area contributed by atoms with Crippen molar-refractivity contribution < 1.29 is 33.0 Å². The second-order valence-electron chi connectivity index (χ2n) is 6.66. The summed E-state index contributed by atoms with van der Waals surface area (Å²) in [6, 6.07) is 5.04. The van der Waals surface area contributed by atoms with Crippen molar-refractivity contribution in [2.24, 2.45) is 5.73 Å². The lowest BCUT2D eigenvalue weighted by atomic mass is 10.1. The van der Waals surface area contributed by atoms with Crippen molar-refractivity contribution >= 4 is 29.4 Å². The van der Waals surface area contributed by atoms with Crippen LogP contribution in [0.15, 0.2) is 24.3 Å². The Morgan fingerprint density at radius 3 is 2.29 bits per heavy atom. The number of ether oxygens (including phenoxy) is 2. The topological polar surface area (TPSA) is 132 Å². The molecule has 0 radical (unpaired) electrons. The first-order valence-electron chi connectivity index (χ1n) is 9.53. The Labute approximate surface area is 178 Å². The number of rotatable bonds is 9. The molecule has 9 nitrogen and oxygen atoms in total. The van der Waals surface area contributed by atoms with E-state index in [1.165, 1.54) is 17.0 Å². The maximum atomic E-state index is 13.2. The van der Waals surface area contributed by atoms with Gasteiger partial charge < -0.3 is 25.1 Å². The molecule has 0 spiro atoms. The van der Waals surface area contributed by atoms with Gasteiger partial charge in [-0.25, -0.2) is 14.0 Å². The number of esters is 2. The van der Waals surface area contributed by atoms with E-state index in [9.17, 15) is 23.6 Å². The summed E-state index contributed by atoms with van der Waals surface area (Å²) in [6.45, 7) is 4.32. The van der Waals surface area contributed by atoms with Gasteiger partial charge in [0.1, 0.15) is 11.5 Å². The van der Waals surface area contributed by atoms with Crippen LogP contribution < -0.4 is 10.6 Å². The molecule has 0 saturated heterocycles. The third-order valence-electron chi connectivity index (χ3n) is 4.47. The second kappa shape index (κ2) is 10.4. The van der Waals surface area contributed by atoms with Crippen molar-refractivity contribution in [3.05, 3.63) is 52.6 Å². The number of hydrogen-bond acceptors (Lipinski definition) is 6. The summed E-state index contributed by atoms with van der Waals surface area (Å²) >= 11 is 0. The highest BCUT2D eigenvalue weighted by molar-refractivity contribution is 6.00. The fraction of sp³-hybridized carbons (Fsp3) is 0.333. The predicted octanol–water partition coefficient (Wildman–Crippen LogP) is 2.01. The van der Waals surface area contributed by atoms with Crippen molar-refractivity contribution in [3.8, 4) is 0 Å². The predicted molar refractivity (Wildman–Crippen MR) is 109 cm³/mol. The molecule has 0 fully saturated rings. The molecule has 10 heteroatoms. The minimum Gasteiger partial charge on any atom is -0.462 e. The number of aryl methyl sites for hydroxylation is 1. The molecule has 3 N–H and O–H groups in total. The molecule has 31 heavy (non-hydrogen) atoms.